The highest BCUT2D eigenvalue weighted by Crippen LogP contribution is 2.19. The minimum atomic E-state index is 0.123. The van der Waals surface area contributed by atoms with Gasteiger partial charge in [0.2, 0.25) is 0 Å². The van der Waals surface area contributed by atoms with Crippen LogP contribution in [0.3, 0.4) is 0 Å². The number of aromatic nitrogens is 2. The summed E-state index contributed by atoms with van der Waals surface area (Å²) < 4.78 is 1.86. The average Bonchev–Trinajstić information content (AvgIpc) is 2.73. The van der Waals surface area contributed by atoms with Gasteiger partial charge in [0.25, 0.3) is 5.91 Å². The molecule has 0 aliphatic carbocycles. The quantitative estimate of drug-likeness (QED) is 0.851. The first kappa shape index (κ1) is 14.8. The van der Waals surface area contributed by atoms with Gasteiger partial charge in [0.15, 0.2) is 0 Å². The van der Waals surface area contributed by atoms with Crippen LogP contribution in [-0.4, -0.2) is 33.7 Å². The Balaban J connectivity index is 1.88. The Labute approximate surface area is 131 Å². The van der Waals surface area contributed by atoms with Gasteiger partial charge in [0.1, 0.15) is 0 Å². The molecule has 4 heteroatoms. The molecule has 1 fully saturated rings. The van der Waals surface area contributed by atoms with E-state index in [4.69, 9.17) is 0 Å². The van der Waals surface area contributed by atoms with Crippen LogP contribution in [0.5, 0.6) is 0 Å². The maximum Gasteiger partial charge on any atom is 0.257 e. The molecule has 1 aliphatic rings. The van der Waals surface area contributed by atoms with E-state index in [-0.39, 0.29) is 5.91 Å². The van der Waals surface area contributed by atoms with Crippen molar-refractivity contribution in [1.82, 2.24) is 14.7 Å². The van der Waals surface area contributed by atoms with Gasteiger partial charge in [-0.25, -0.2) is 4.68 Å². The highest BCUT2D eigenvalue weighted by atomic mass is 16.2. The first-order chi connectivity index (χ1) is 10.7. The normalized spacial score (nSPS) is 15.6. The molecule has 0 radical (unpaired) electrons. The summed E-state index contributed by atoms with van der Waals surface area (Å²) >= 11 is 0. The average molecular weight is 297 g/mol. The van der Waals surface area contributed by atoms with Crippen molar-refractivity contribution in [1.29, 1.82) is 0 Å². The molecule has 1 aromatic heterocycles. The van der Waals surface area contributed by atoms with Gasteiger partial charge in [0.05, 0.1) is 23.1 Å². The molecule has 0 N–H and O–H groups in total. The van der Waals surface area contributed by atoms with E-state index in [1.807, 2.05) is 28.6 Å². The predicted molar refractivity (Wildman–Crippen MR) is 87.4 cm³/mol. The van der Waals surface area contributed by atoms with Crippen LogP contribution in [0.4, 0.5) is 0 Å². The number of amides is 1. The predicted octanol–water partition coefficient (Wildman–Crippen LogP) is 3.51. The van der Waals surface area contributed by atoms with Crippen molar-refractivity contribution < 1.29 is 4.79 Å². The summed E-state index contributed by atoms with van der Waals surface area (Å²) in [5.74, 6) is 0.123. The fourth-order valence-electron chi connectivity index (χ4n) is 3.08. The molecule has 0 saturated carbocycles. The third kappa shape index (κ3) is 2.91. The smallest absolute Gasteiger partial charge is 0.257 e. The van der Waals surface area contributed by atoms with Gasteiger partial charge in [0, 0.05) is 13.1 Å². The fourth-order valence-corrected chi connectivity index (χ4v) is 3.08. The molecule has 1 saturated heterocycles. The molecular weight excluding hydrogens is 274 g/mol. The van der Waals surface area contributed by atoms with Gasteiger partial charge in [-0.2, -0.15) is 5.10 Å². The van der Waals surface area contributed by atoms with Crippen LogP contribution in [0.25, 0.3) is 5.69 Å². The number of benzene rings is 1. The van der Waals surface area contributed by atoms with E-state index in [9.17, 15) is 4.79 Å². The Kier molecular flexibility index (Phi) is 4.27. The molecule has 4 nitrogen and oxygen atoms in total. The number of nitrogens with zero attached hydrogens (tertiary/aromatic N) is 3. The lowest BCUT2D eigenvalue weighted by molar-refractivity contribution is 0.0761. The number of hydrogen-bond donors (Lipinski definition) is 0. The van der Waals surface area contributed by atoms with Crippen LogP contribution >= 0.6 is 0 Å². The van der Waals surface area contributed by atoms with Crippen molar-refractivity contribution in [3.05, 3.63) is 47.3 Å². The zero-order chi connectivity index (χ0) is 15.5. The topological polar surface area (TPSA) is 38.1 Å². The van der Waals surface area contributed by atoms with E-state index < -0.39 is 0 Å². The second-order valence-electron chi connectivity index (χ2n) is 6.10. The van der Waals surface area contributed by atoms with Crippen LogP contribution in [0.15, 0.2) is 30.5 Å². The number of hydrogen-bond acceptors (Lipinski definition) is 2. The Morgan fingerprint density at radius 3 is 2.50 bits per heavy atom. The van der Waals surface area contributed by atoms with Crippen molar-refractivity contribution in [2.45, 2.75) is 39.5 Å². The van der Waals surface area contributed by atoms with Crippen LogP contribution in [-0.2, 0) is 0 Å². The van der Waals surface area contributed by atoms with Gasteiger partial charge in [-0.3, -0.25) is 4.79 Å². The molecule has 0 spiro atoms. The highest BCUT2D eigenvalue weighted by molar-refractivity contribution is 5.95. The molecule has 0 atom stereocenters. The number of carbonyl (C=O) groups excluding carboxylic acids is 1. The van der Waals surface area contributed by atoms with Crippen molar-refractivity contribution in [3.63, 3.8) is 0 Å². The Bertz CT molecular complexity index is 667. The molecule has 1 aromatic carbocycles. The first-order valence-electron chi connectivity index (χ1n) is 8.08. The molecular formula is C18H23N3O. The molecule has 22 heavy (non-hydrogen) atoms. The lowest BCUT2D eigenvalue weighted by Crippen LogP contribution is -2.32. The van der Waals surface area contributed by atoms with Gasteiger partial charge < -0.3 is 4.90 Å². The minimum Gasteiger partial charge on any atom is -0.339 e. The van der Waals surface area contributed by atoms with Crippen LogP contribution in [0, 0.1) is 13.8 Å². The van der Waals surface area contributed by atoms with Crippen LogP contribution < -0.4 is 0 Å². The van der Waals surface area contributed by atoms with Gasteiger partial charge in [-0.05, 0) is 44.4 Å². The summed E-state index contributed by atoms with van der Waals surface area (Å²) in [6, 6.07) is 8.18. The summed E-state index contributed by atoms with van der Waals surface area (Å²) in [4.78, 5) is 14.7. The molecule has 1 aliphatic heterocycles. The molecule has 116 valence electrons. The van der Waals surface area contributed by atoms with E-state index in [0.29, 0.717) is 0 Å². The summed E-state index contributed by atoms with van der Waals surface area (Å²) in [5.41, 5.74) is 3.84. The van der Waals surface area contributed by atoms with Crippen molar-refractivity contribution in [2.75, 3.05) is 13.1 Å². The standard InChI is InChI=1S/C18H23N3O/c1-14-8-7-9-16(12-14)21-15(2)17(13-19-21)18(22)20-10-5-3-4-6-11-20/h7-9,12-13H,3-6,10-11H2,1-2H3. The third-order valence-corrected chi connectivity index (χ3v) is 4.38. The fraction of sp³-hybridized carbons (Fsp3) is 0.444. The molecule has 0 bridgehead atoms. The van der Waals surface area contributed by atoms with Crippen LogP contribution in [0.2, 0.25) is 0 Å². The molecule has 2 heterocycles. The third-order valence-electron chi connectivity index (χ3n) is 4.38. The van der Waals surface area contributed by atoms with E-state index in [1.165, 1.54) is 18.4 Å². The first-order valence-corrected chi connectivity index (χ1v) is 8.08. The zero-order valence-corrected chi connectivity index (χ0v) is 13.4. The maximum absolute atomic E-state index is 12.8. The van der Waals surface area contributed by atoms with Crippen LogP contribution in [0.1, 0.15) is 47.3 Å². The SMILES string of the molecule is Cc1cccc(-n2ncc(C(=O)N3CCCCCC3)c2C)c1. The summed E-state index contributed by atoms with van der Waals surface area (Å²) in [6.07, 6.45) is 6.38. The Morgan fingerprint density at radius 2 is 1.82 bits per heavy atom. The number of aryl methyl sites for hydroxylation is 1. The Hall–Kier alpha value is -2.10. The lowest BCUT2D eigenvalue weighted by atomic mass is 10.2. The number of likely N-dealkylation sites (tertiary alicyclic amines) is 1. The van der Waals surface area contributed by atoms with E-state index in [1.54, 1.807) is 6.20 Å². The monoisotopic (exact) mass is 297 g/mol. The molecule has 0 unspecified atom stereocenters. The number of rotatable bonds is 2. The van der Waals surface area contributed by atoms with E-state index >= 15 is 0 Å². The van der Waals surface area contributed by atoms with Crippen molar-refractivity contribution in [2.24, 2.45) is 0 Å². The largest absolute Gasteiger partial charge is 0.339 e. The molecule has 2 aromatic rings. The van der Waals surface area contributed by atoms with Gasteiger partial charge in [-0.15, -0.1) is 0 Å². The summed E-state index contributed by atoms with van der Waals surface area (Å²) in [7, 11) is 0. The van der Waals surface area contributed by atoms with Gasteiger partial charge >= 0.3 is 0 Å². The van der Waals surface area contributed by atoms with Crippen molar-refractivity contribution in [3.8, 4) is 5.69 Å². The minimum absolute atomic E-state index is 0.123. The summed E-state index contributed by atoms with van der Waals surface area (Å²) in [5, 5.41) is 4.44. The second kappa shape index (κ2) is 6.34. The zero-order valence-electron chi connectivity index (χ0n) is 13.4. The Morgan fingerprint density at radius 1 is 1.09 bits per heavy atom. The maximum atomic E-state index is 12.8. The lowest BCUT2D eigenvalue weighted by Gasteiger charge is -2.20. The number of carbonyl (C=O) groups is 1. The van der Waals surface area contributed by atoms with Gasteiger partial charge in [-0.1, -0.05) is 25.0 Å². The molecule has 1 amide bonds. The van der Waals surface area contributed by atoms with E-state index in [2.05, 4.69) is 24.2 Å². The summed E-state index contributed by atoms with van der Waals surface area (Å²) in [6.45, 7) is 5.77. The van der Waals surface area contributed by atoms with Crippen molar-refractivity contribution >= 4 is 5.91 Å². The second-order valence-corrected chi connectivity index (χ2v) is 6.10. The van der Waals surface area contributed by atoms with E-state index in [0.717, 1.165) is 42.9 Å². The molecule has 3 rings (SSSR count). The highest BCUT2D eigenvalue weighted by Gasteiger charge is 2.21.